The van der Waals surface area contributed by atoms with E-state index in [4.69, 9.17) is 21.7 Å². The van der Waals surface area contributed by atoms with E-state index in [-0.39, 0.29) is 24.0 Å². The molecule has 0 saturated carbocycles. The van der Waals surface area contributed by atoms with Crippen molar-refractivity contribution in [2.45, 2.75) is 57.1 Å². The minimum Gasteiger partial charge on any atom is -0.488 e. The van der Waals surface area contributed by atoms with Gasteiger partial charge in [-0.1, -0.05) is 0 Å². The molecule has 1 aromatic rings. The number of amides is 1. The van der Waals surface area contributed by atoms with Gasteiger partial charge in [-0.25, -0.2) is 13.6 Å². The number of rotatable bonds is 1. The van der Waals surface area contributed by atoms with Crippen molar-refractivity contribution in [3.8, 4) is 5.75 Å². The van der Waals surface area contributed by atoms with Crippen LogP contribution in [0, 0.1) is 11.6 Å². The number of aliphatic hydroxyl groups is 1. The first-order valence-electron chi connectivity index (χ1n) is 9.45. The highest BCUT2D eigenvalue weighted by molar-refractivity contribution is 7.80. The predicted octanol–water partition coefficient (Wildman–Crippen LogP) is 2.28. The summed E-state index contributed by atoms with van der Waals surface area (Å²) in [6.07, 6.45) is -1.45. The molecule has 0 aliphatic carbocycles. The van der Waals surface area contributed by atoms with Crippen LogP contribution in [0.1, 0.15) is 38.9 Å². The minimum absolute atomic E-state index is 0.0196. The molecule has 158 valence electrons. The summed E-state index contributed by atoms with van der Waals surface area (Å²) in [4.78, 5) is 15.9. The first-order valence-corrected chi connectivity index (χ1v) is 9.86. The van der Waals surface area contributed by atoms with Gasteiger partial charge in [-0.3, -0.25) is 4.90 Å². The maximum absolute atomic E-state index is 14.0. The van der Waals surface area contributed by atoms with Gasteiger partial charge in [-0.05, 0) is 45.5 Å². The van der Waals surface area contributed by atoms with Gasteiger partial charge in [0.1, 0.15) is 30.3 Å². The van der Waals surface area contributed by atoms with E-state index in [1.807, 2.05) is 0 Å². The average molecular weight is 427 g/mol. The van der Waals surface area contributed by atoms with Gasteiger partial charge in [-0.2, -0.15) is 0 Å². The molecule has 2 fully saturated rings. The summed E-state index contributed by atoms with van der Waals surface area (Å²) in [5.74, 6) is -1.79. The number of aliphatic hydroxyl groups excluding tert-OH is 1. The molecule has 3 aliphatic heterocycles. The van der Waals surface area contributed by atoms with Gasteiger partial charge in [0.05, 0.1) is 12.1 Å². The lowest BCUT2D eigenvalue weighted by molar-refractivity contribution is 0.0117. The third-order valence-corrected chi connectivity index (χ3v) is 5.66. The fraction of sp³-hybridized carbons (Fsp3) is 0.579. The number of hydrogen-bond acceptors (Lipinski definition) is 5. The van der Waals surface area contributed by atoms with Gasteiger partial charge in [-0.15, -0.1) is 0 Å². The first kappa shape index (κ1) is 20.1. The maximum Gasteiger partial charge on any atom is 0.412 e. The lowest BCUT2D eigenvalue weighted by atomic mass is 9.96. The molecule has 1 aromatic carbocycles. The Labute approximate surface area is 172 Å². The van der Waals surface area contributed by atoms with Crippen molar-refractivity contribution < 1.29 is 28.2 Å². The van der Waals surface area contributed by atoms with Crippen LogP contribution >= 0.6 is 12.2 Å². The third kappa shape index (κ3) is 3.48. The third-order valence-electron chi connectivity index (χ3n) is 5.33. The number of hydrogen-bond donors (Lipinski definition) is 2. The Morgan fingerprint density at radius 3 is 2.76 bits per heavy atom. The van der Waals surface area contributed by atoms with Crippen LogP contribution in [0.3, 0.4) is 0 Å². The summed E-state index contributed by atoms with van der Waals surface area (Å²) in [5, 5.41) is 14.3. The molecule has 0 spiro atoms. The van der Waals surface area contributed by atoms with E-state index in [0.29, 0.717) is 18.1 Å². The standard InChI is InChI=1S/C19H23F2N3O4S/c1-19(2,3)28-18(26)23-5-4-12-16(23)22-17(29)24(12)13-8-27-15-10(14(13)25)6-9(20)7-11(15)21/h6-7,12-14,16,25H,4-5,8H2,1-3H3,(H,22,29)/t12?,13-,14?,16?/m0/s1. The van der Waals surface area contributed by atoms with Gasteiger partial charge >= 0.3 is 6.09 Å². The number of carbonyl (C=O) groups excluding carboxylic acids is 1. The van der Waals surface area contributed by atoms with Crippen LogP contribution < -0.4 is 10.1 Å². The Morgan fingerprint density at radius 1 is 1.34 bits per heavy atom. The highest BCUT2D eigenvalue weighted by atomic mass is 32.1. The van der Waals surface area contributed by atoms with Crippen LogP contribution in [0.4, 0.5) is 13.6 Å². The molecule has 4 atom stereocenters. The predicted molar refractivity (Wildman–Crippen MR) is 103 cm³/mol. The van der Waals surface area contributed by atoms with E-state index in [1.54, 1.807) is 30.6 Å². The van der Waals surface area contributed by atoms with E-state index in [1.165, 1.54) is 0 Å². The highest BCUT2D eigenvalue weighted by Crippen LogP contribution is 2.40. The number of benzene rings is 1. The summed E-state index contributed by atoms with van der Waals surface area (Å²) >= 11 is 5.45. The van der Waals surface area contributed by atoms with Crippen molar-refractivity contribution in [2.75, 3.05) is 13.2 Å². The van der Waals surface area contributed by atoms with Crippen molar-refractivity contribution >= 4 is 23.4 Å². The monoisotopic (exact) mass is 427 g/mol. The molecule has 0 radical (unpaired) electrons. The number of nitrogens with zero attached hydrogens (tertiary/aromatic N) is 2. The molecule has 0 aromatic heterocycles. The maximum atomic E-state index is 14.0. The second kappa shape index (κ2) is 6.94. The smallest absolute Gasteiger partial charge is 0.412 e. The molecular formula is C19H23F2N3O4S. The number of fused-ring (bicyclic) bond motifs is 2. The number of likely N-dealkylation sites (tertiary alicyclic amines) is 1. The van der Waals surface area contributed by atoms with E-state index in [0.717, 1.165) is 12.1 Å². The molecule has 3 aliphatic rings. The zero-order valence-electron chi connectivity index (χ0n) is 16.3. The van der Waals surface area contributed by atoms with Crippen LogP contribution in [-0.4, -0.2) is 63.1 Å². The van der Waals surface area contributed by atoms with Crippen LogP contribution in [0.5, 0.6) is 5.75 Å². The number of ether oxygens (including phenoxy) is 2. The van der Waals surface area contributed by atoms with Crippen LogP contribution in [0.2, 0.25) is 0 Å². The van der Waals surface area contributed by atoms with Crippen molar-refractivity contribution in [3.05, 3.63) is 29.3 Å². The van der Waals surface area contributed by atoms with Gasteiger partial charge in [0.15, 0.2) is 16.7 Å². The molecule has 1 amide bonds. The summed E-state index contributed by atoms with van der Waals surface area (Å²) < 4.78 is 38.6. The van der Waals surface area contributed by atoms with Crippen molar-refractivity contribution in [1.29, 1.82) is 0 Å². The van der Waals surface area contributed by atoms with Gasteiger partial charge in [0, 0.05) is 18.2 Å². The molecule has 10 heteroatoms. The summed E-state index contributed by atoms with van der Waals surface area (Å²) in [6, 6.07) is 0.941. The highest BCUT2D eigenvalue weighted by Gasteiger charge is 2.52. The Hall–Kier alpha value is -2.20. The second-order valence-electron chi connectivity index (χ2n) is 8.46. The largest absolute Gasteiger partial charge is 0.488 e. The first-order chi connectivity index (χ1) is 13.6. The Bertz CT molecular complexity index is 863. The van der Waals surface area contributed by atoms with Crippen LogP contribution in [0.25, 0.3) is 0 Å². The van der Waals surface area contributed by atoms with E-state index in [2.05, 4.69) is 5.32 Å². The van der Waals surface area contributed by atoms with Gasteiger partial charge < -0.3 is 24.8 Å². The van der Waals surface area contributed by atoms with E-state index >= 15 is 0 Å². The molecule has 29 heavy (non-hydrogen) atoms. The van der Waals surface area contributed by atoms with Crippen molar-refractivity contribution in [2.24, 2.45) is 0 Å². The zero-order valence-corrected chi connectivity index (χ0v) is 17.1. The zero-order chi connectivity index (χ0) is 21.1. The summed E-state index contributed by atoms with van der Waals surface area (Å²) in [5.41, 5.74) is -0.578. The number of nitrogens with one attached hydrogen (secondary N) is 1. The molecular weight excluding hydrogens is 404 g/mol. The quantitative estimate of drug-likeness (QED) is 0.666. The molecule has 2 saturated heterocycles. The molecule has 4 rings (SSSR count). The lowest BCUT2D eigenvalue weighted by Gasteiger charge is -2.39. The average Bonchev–Trinajstić information content (AvgIpc) is 3.12. The van der Waals surface area contributed by atoms with E-state index in [9.17, 15) is 18.7 Å². The topological polar surface area (TPSA) is 74.3 Å². The Kier molecular flexibility index (Phi) is 4.81. The molecule has 0 bridgehead atoms. The molecule has 7 nitrogen and oxygen atoms in total. The Morgan fingerprint density at radius 2 is 2.07 bits per heavy atom. The number of thiocarbonyl (C=S) groups is 1. The van der Waals surface area contributed by atoms with Crippen LogP contribution in [-0.2, 0) is 4.74 Å². The minimum atomic E-state index is -1.20. The van der Waals surface area contributed by atoms with Gasteiger partial charge in [0.2, 0.25) is 0 Å². The molecule has 3 unspecified atom stereocenters. The van der Waals surface area contributed by atoms with Crippen molar-refractivity contribution in [1.82, 2.24) is 15.1 Å². The van der Waals surface area contributed by atoms with E-state index < -0.39 is 41.6 Å². The summed E-state index contributed by atoms with van der Waals surface area (Å²) in [6.45, 7) is 5.82. The Balaban J connectivity index is 1.56. The number of halogens is 2. The molecule has 2 N–H and O–H groups in total. The molecule has 3 heterocycles. The lowest BCUT2D eigenvalue weighted by Crippen LogP contribution is -2.51. The normalized spacial score (nSPS) is 28.6. The fourth-order valence-corrected chi connectivity index (χ4v) is 4.56. The SMILES string of the molecule is CC(C)(C)OC(=O)N1CCC2C1NC(=S)N2[C@H]1COc2c(F)cc(F)cc2C1O. The van der Waals surface area contributed by atoms with Gasteiger partial charge in [0.25, 0.3) is 0 Å². The summed E-state index contributed by atoms with van der Waals surface area (Å²) in [7, 11) is 0. The fourth-order valence-electron chi connectivity index (χ4n) is 4.17. The second-order valence-corrected chi connectivity index (χ2v) is 8.85. The van der Waals surface area contributed by atoms with Crippen LogP contribution in [0.15, 0.2) is 12.1 Å². The van der Waals surface area contributed by atoms with Crippen molar-refractivity contribution in [3.63, 3.8) is 0 Å². The number of carbonyl (C=O) groups is 1.